The summed E-state index contributed by atoms with van der Waals surface area (Å²) in [5.41, 5.74) is 1.16. The summed E-state index contributed by atoms with van der Waals surface area (Å²) >= 11 is 0. The van der Waals surface area contributed by atoms with Crippen molar-refractivity contribution in [2.24, 2.45) is 0 Å². The SMILES string of the molecule is C=C(C)N1CC(c2cccc(C(F)(F)F)c2)C1. The van der Waals surface area contributed by atoms with Gasteiger partial charge in [-0.3, -0.25) is 0 Å². The van der Waals surface area contributed by atoms with Crippen LogP contribution in [0.2, 0.25) is 0 Å². The predicted octanol–water partition coefficient (Wildman–Crippen LogP) is 3.64. The minimum Gasteiger partial charge on any atom is -0.374 e. The second-order valence-electron chi connectivity index (χ2n) is 4.46. The minimum absolute atomic E-state index is 0.189. The molecule has 0 atom stereocenters. The van der Waals surface area contributed by atoms with Crippen LogP contribution in [0.25, 0.3) is 0 Å². The first-order valence-corrected chi connectivity index (χ1v) is 5.45. The number of likely N-dealkylation sites (tertiary alicyclic amines) is 1. The Morgan fingerprint density at radius 2 is 2.00 bits per heavy atom. The molecule has 1 heterocycles. The fourth-order valence-electron chi connectivity index (χ4n) is 1.97. The van der Waals surface area contributed by atoms with Crippen molar-refractivity contribution >= 4 is 0 Å². The maximum Gasteiger partial charge on any atom is 0.416 e. The van der Waals surface area contributed by atoms with Gasteiger partial charge in [0.2, 0.25) is 0 Å². The molecule has 0 spiro atoms. The van der Waals surface area contributed by atoms with Crippen LogP contribution in [-0.2, 0) is 6.18 Å². The van der Waals surface area contributed by atoms with Gasteiger partial charge in [0.05, 0.1) is 5.56 Å². The smallest absolute Gasteiger partial charge is 0.374 e. The van der Waals surface area contributed by atoms with Crippen LogP contribution >= 0.6 is 0 Å². The Balaban J connectivity index is 2.11. The van der Waals surface area contributed by atoms with Crippen LogP contribution in [0.15, 0.2) is 36.5 Å². The topological polar surface area (TPSA) is 3.24 Å². The molecular formula is C13H14F3N. The number of hydrogen-bond donors (Lipinski definition) is 0. The zero-order valence-electron chi connectivity index (χ0n) is 9.59. The van der Waals surface area contributed by atoms with Gasteiger partial charge in [0.1, 0.15) is 0 Å². The third-order valence-electron chi connectivity index (χ3n) is 3.11. The van der Waals surface area contributed by atoms with Crippen molar-refractivity contribution in [2.45, 2.75) is 19.0 Å². The fraction of sp³-hybridized carbons (Fsp3) is 0.385. The van der Waals surface area contributed by atoms with Crippen molar-refractivity contribution in [3.8, 4) is 0 Å². The monoisotopic (exact) mass is 241 g/mol. The second-order valence-corrected chi connectivity index (χ2v) is 4.46. The van der Waals surface area contributed by atoms with E-state index in [1.54, 1.807) is 6.07 Å². The summed E-state index contributed by atoms with van der Waals surface area (Å²) in [6, 6.07) is 5.59. The molecule has 1 aromatic carbocycles. The van der Waals surface area contributed by atoms with Crippen LogP contribution < -0.4 is 0 Å². The lowest BCUT2D eigenvalue weighted by Gasteiger charge is -2.41. The lowest BCUT2D eigenvalue weighted by atomic mass is 9.90. The standard InChI is InChI=1S/C13H14F3N/c1-9(2)17-7-11(8-17)10-4-3-5-12(6-10)13(14,15)16/h3-6,11H,1,7-8H2,2H3. The lowest BCUT2D eigenvalue weighted by Crippen LogP contribution is -2.43. The minimum atomic E-state index is -4.26. The molecule has 1 aromatic rings. The number of alkyl halides is 3. The van der Waals surface area contributed by atoms with Crippen molar-refractivity contribution in [3.05, 3.63) is 47.7 Å². The Morgan fingerprint density at radius 3 is 2.53 bits per heavy atom. The van der Waals surface area contributed by atoms with Crippen LogP contribution in [0, 0.1) is 0 Å². The summed E-state index contributed by atoms with van der Waals surface area (Å²) in [6.45, 7) is 7.23. The van der Waals surface area contributed by atoms with Gasteiger partial charge in [-0.25, -0.2) is 0 Å². The molecule has 0 unspecified atom stereocenters. The number of halogens is 3. The second kappa shape index (κ2) is 4.09. The molecule has 1 saturated heterocycles. The Bertz CT molecular complexity index is 431. The van der Waals surface area contributed by atoms with Crippen LogP contribution in [0.5, 0.6) is 0 Å². The molecule has 1 fully saturated rings. The number of allylic oxidation sites excluding steroid dienone is 1. The molecule has 0 aliphatic carbocycles. The van der Waals surface area contributed by atoms with Gasteiger partial charge >= 0.3 is 6.18 Å². The van der Waals surface area contributed by atoms with Crippen molar-refractivity contribution in [1.29, 1.82) is 0 Å². The maximum atomic E-state index is 12.5. The highest BCUT2D eigenvalue weighted by molar-refractivity contribution is 5.30. The molecule has 0 bridgehead atoms. The van der Waals surface area contributed by atoms with E-state index in [9.17, 15) is 13.2 Å². The average molecular weight is 241 g/mol. The van der Waals surface area contributed by atoms with Gasteiger partial charge in [0, 0.05) is 24.7 Å². The van der Waals surface area contributed by atoms with Crippen molar-refractivity contribution in [1.82, 2.24) is 4.90 Å². The number of nitrogens with zero attached hydrogens (tertiary/aromatic N) is 1. The number of rotatable bonds is 2. The van der Waals surface area contributed by atoms with Gasteiger partial charge in [0.15, 0.2) is 0 Å². The predicted molar refractivity (Wildman–Crippen MR) is 60.6 cm³/mol. The van der Waals surface area contributed by atoms with E-state index in [0.717, 1.165) is 30.4 Å². The summed E-state index contributed by atoms with van der Waals surface area (Å²) in [4.78, 5) is 2.06. The zero-order valence-corrected chi connectivity index (χ0v) is 9.59. The van der Waals surface area contributed by atoms with E-state index in [1.807, 2.05) is 6.92 Å². The molecule has 17 heavy (non-hydrogen) atoms. The molecule has 0 radical (unpaired) electrons. The summed E-state index contributed by atoms with van der Waals surface area (Å²) in [5, 5.41) is 0. The molecule has 0 saturated carbocycles. The summed E-state index contributed by atoms with van der Waals surface area (Å²) in [6.07, 6.45) is -4.26. The molecule has 0 aromatic heterocycles. The molecule has 1 aliphatic rings. The maximum absolute atomic E-state index is 12.5. The number of hydrogen-bond acceptors (Lipinski definition) is 1. The Hall–Kier alpha value is -1.45. The normalized spacial score (nSPS) is 16.8. The van der Waals surface area contributed by atoms with E-state index in [0.29, 0.717) is 0 Å². The Labute approximate surface area is 98.5 Å². The summed E-state index contributed by atoms with van der Waals surface area (Å²) in [5.74, 6) is 0.189. The lowest BCUT2D eigenvalue weighted by molar-refractivity contribution is -0.137. The van der Waals surface area contributed by atoms with E-state index in [2.05, 4.69) is 11.5 Å². The first-order chi connectivity index (χ1) is 7.88. The van der Waals surface area contributed by atoms with E-state index in [-0.39, 0.29) is 5.92 Å². The molecular weight excluding hydrogens is 227 g/mol. The molecule has 4 heteroatoms. The summed E-state index contributed by atoms with van der Waals surface area (Å²) in [7, 11) is 0. The molecule has 1 aliphatic heterocycles. The van der Waals surface area contributed by atoms with E-state index in [4.69, 9.17) is 0 Å². The van der Waals surface area contributed by atoms with E-state index in [1.165, 1.54) is 12.1 Å². The van der Waals surface area contributed by atoms with Gasteiger partial charge in [-0.15, -0.1) is 0 Å². The van der Waals surface area contributed by atoms with E-state index >= 15 is 0 Å². The van der Waals surface area contributed by atoms with Gasteiger partial charge in [-0.2, -0.15) is 13.2 Å². The van der Waals surface area contributed by atoms with Gasteiger partial charge in [0.25, 0.3) is 0 Å². The summed E-state index contributed by atoms with van der Waals surface area (Å²) < 4.78 is 37.6. The third kappa shape index (κ3) is 2.46. The highest BCUT2D eigenvalue weighted by atomic mass is 19.4. The zero-order chi connectivity index (χ0) is 12.6. The van der Waals surface area contributed by atoms with Crippen LogP contribution in [0.1, 0.15) is 24.0 Å². The average Bonchev–Trinajstić information content (AvgIpc) is 2.13. The highest BCUT2D eigenvalue weighted by Gasteiger charge is 2.33. The fourth-order valence-corrected chi connectivity index (χ4v) is 1.97. The molecule has 1 nitrogen and oxygen atoms in total. The first-order valence-electron chi connectivity index (χ1n) is 5.45. The van der Waals surface area contributed by atoms with Crippen molar-refractivity contribution < 1.29 is 13.2 Å². The quantitative estimate of drug-likeness (QED) is 0.764. The Morgan fingerprint density at radius 1 is 1.35 bits per heavy atom. The van der Waals surface area contributed by atoms with Crippen molar-refractivity contribution in [2.75, 3.05) is 13.1 Å². The first kappa shape index (κ1) is 12.0. The van der Waals surface area contributed by atoms with Crippen LogP contribution in [-0.4, -0.2) is 18.0 Å². The van der Waals surface area contributed by atoms with Gasteiger partial charge < -0.3 is 4.90 Å². The molecule has 2 rings (SSSR count). The largest absolute Gasteiger partial charge is 0.416 e. The number of benzene rings is 1. The van der Waals surface area contributed by atoms with Crippen LogP contribution in [0.4, 0.5) is 13.2 Å². The molecule has 0 amide bonds. The third-order valence-corrected chi connectivity index (χ3v) is 3.11. The molecule has 92 valence electrons. The highest BCUT2D eigenvalue weighted by Crippen LogP contribution is 2.34. The van der Waals surface area contributed by atoms with E-state index < -0.39 is 11.7 Å². The van der Waals surface area contributed by atoms with Gasteiger partial charge in [-0.1, -0.05) is 24.8 Å². The molecule has 0 N–H and O–H groups in total. The van der Waals surface area contributed by atoms with Crippen molar-refractivity contribution in [3.63, 3.8) is 0 Å². The Kier molecular flexibility index (Phi) is 2.89. The van der Waals surface area contributed by atoms with Gasteiger partial charge in [-0.05, 0) is 18.6 Å². The van der Waals surface area contributed by atoms with Crippen LogP contribution in [0.3, 0.4) is 0 Å².